The number of aromatic nitrogens is 4. The second-order valence-electron chi connectivity index (χ2n) is 10.5. The molecule has 0 spiro atoms. The molecule has 0 radical (unpaired) electrons. The minimum absolute atomic E-state index is 0.175. The Labute approximate surface area is 233 Å². The van der Waals surface area contributed by atoms with Crippen LogP contribution < -0.4 is 16.0 Å². The van der Waals surface area contributed by atoms with E-state index in [1.165, 1.54) is 0 Å². The lowest BCUT2D eigenvalue weighted by atomic mass is 9.85. The van der Waals surface area contributed by atoms with Crippen LogP contribution in [0.25, 0.3) is 22.3 Å². The third-order valence-corrected chi connectivity index (χ3v) is 6.99. The molecule has 1 saturated heterocycles. The lowest BCUT2D eigenvalue weighted by Gasteiger charge is -2.28. The molecule has 41 heavy (non-hydrogen) atoms. The van der Waals surface area contributed by atoms with Gasteiger partial charge >= 0.3 is 12.2 Å². The molecule has 0 bridgehead atoms. The number of H-pyrrole nitrogens is 1. The van der Waals surface area contributed by atoms with Gasteiger partial charge in [0.15, 0.2) is 5.65 Å². The quantitative estimate of drug-likeness (QED) is 0.206. The first kappa shape index (κ1) is 28.4. The summed E-state index contributed by atoms with van der Waals surface area (Å²) < 4.78 is 58.6. The number of anilines is 2. The Morgan fingerprint density at radius 3 is 2.61 bits per heavy atom. The van der Waals surface area contributed by atoms with Gasteiger partial charge in [-0.2, -0.15) is 18.3 Å². The number of benzene rings is 2. The number of ether oxygens (including phenoxy) is 1. The van der Waals surface area contributed by atoms with Gasteiger partial charge in [-0.15, -0.1) is 0 Å². The van der Waals surface area contributed by atoms with Gasteiger partial charge in [-0.3, -0.25) is 5.10 Å². The first-order valence-corrected chi connectivity index (χ1v) is 13.1. The number of fused-ring (bicyclic) bond motifs is 1. The minimum atomic E-state index is -4.67. The van der Waals surface area contributed by atoms with Crippen LogP contribution in [0.5, 0.6) is 0 Å². The van der Waals surface area contributed by atoms with Crippen LogP contribution in [0.2, 0.25) is 0 Å². The summed E-state index contributed by atoms with van der Waals surface area (Å²) in [5.41, 5.74) is 0.376. The van der Waals surface area contributed by atoms with Gasteiger partial charge in [0.1, 0.15) is 11.6 Å². The summed E-state index contributed by atoms with van der Waals surface area (Å²) in [6.45, 7) is 6.63. The van der Waals surface area contributed by atoms with Crippen molar-refractivity contribution in [1.82, 2.24) is 25.5 Å². The normalized spacial score (nSPS) is 16.1. The molecule has 1 unspecified atom stereocenters. The van der Waals surface area contributed by atoms with Crippen molar-refractivity contribution < 1.29 is 27.1 Å². The van der Waals surface area contributed by atoms with Crippen molar-refractivity contribution in [3.63, 3.8) is 0 Å². The molecule has 4 N–H and O–H groups in total. The molecule has 216 valence electrons. The highest BCUT2D eigenvalue weighted by Gasteiger charge is 2.31. The summed E-state index contributed by atoms with van der Waals surface area (Å²) in [6, 6.07) is 7.56. The van der Waals surface area contributed by atoms with E-state index in [9.17, 15) is 22.4 Å². The van der Waals surface area contributed by atoms with Crippen LogP contribution in [0.3, 0.4) is 0 Å². The fourth-order valence-electron chi connectivity index (χ4n) is 4.59. The van der Waals surface area contributed by atoms with Gasteiger partial charge in [0.25, 0.3) is 0 Å². The summed E-state index contributed by atoms with van der Waals surface area (Å²) in [7, 11) is 0. The van der Waals surface area contributed by atoms with E-state index in [1.807, 2.05) is 0 Å². The number of hydrogen-bond donors (Lipinski definition) is 4. The Kier molecular flexibility index (Phi) is 7.91. The predicted molar refractivity (Wildman–Crippen MR) is 146 cm³/mol. The van der Waals surface area contributed by atoms with Gasteiger partial charge in [-0.25, -0.2) is 19.2 Å². The molecule has 2 amide bonds. The van der Waals surface area contributed by atoms with Gasteiger partial charge in [0.05, 0.1) is 35.0 Å². The van der Waals surface area contributed by atoms with Crippen LogP contribution in [0.4, 0.5) is 33.7 Å². The van der Waals surface area contributed by atoms with Crippen LogP contribution in [-0.2, 0) is 16.3 Å². The highest BCUT2D eigenvalue weighted by atomic mass is 19.4. The van der Waals surface area contributed by atoms with E-state index in [0.29, 0.717) is 47.7 Å². The molecule has 1 aliphatic rings. The second kappa shape index (κ2) is 11.4. The maximum atomic E-state index is 14.0. The molecule has 2 aromatic heterocycles. The number of rotatable bonds is 7. The van der Waals surface area contributed by atoms with Gasteiger partial charge < -0.3 is 20.7 Å². The van der Waals surface area contributed by atoms with Crippen LogP contribution in [0.15, 0.2) is 48.7 Å². The molecule has 1 atom stereocenters. The molecular formula is C28H29F4N7O2. The Morgan fingerprint density at radius 1 is 1.12 bits per heavy atom. The molecule has 3 heterocycles. The van der Waals surface area contributed by atoms with Crippen LogP contribution in [0.1, 0.15) is 38.1 Å². The van der Waals surface area contributed by atoms with E-state index in [2.05, 4.69) is 45.0 Å². The van der Waals surface area contributed by atoms with Crippen LogP contribution in [-0.4, -0.2) is 52.0 Å². The Bertz CT molecular complexity index is 1530. The zero-order valence-corrected chi connectivity index (χ0v) is 22.4. The van der Waals surface area contributed by atoms with Gasteiger partial charge in [0, 0.05) is 36.0 Å². The lowest BCUT2D eigenvalue weighted by molar-refractivity contribution is -0.137. The number of urea groups is 1. The first-order valence-electron chi connectivity index (χ1n) is 13.1. The average Bonchev–Trinajstić information content (AvgIpc) is 3.37. The van der Waals surface area contributed by atoms with Crippen molar-refractivity contribution in [2.45, 2.75) is 44.4 Å². The fraction of sp³-hybridized carbons (Fsp3) is 0.357. The lowest BCUT2D eigenvalue weighted by Crippen LogP contribution is -2.39. The van der Waals surface area contributed by atoms with Crippen molar-refractivity contribution in [3.8, 4) is 11.3 Å². The number of amides is 2. The fourth-order valence-corrected chi connectivity index (χ4v) is 4.59. The van der Waals surface area contributed by atoms with Crippen LogP contribution in [0, 0.1) is 5.82 Å². The monoisotopic (exact) mass is 571 g/mol. The SMILES string of the molecule is CC(C)(CCC1CNCCO1)c1ncc2c(-c3ccc(NC(=O)Nc4cc(C(F)(F)F)ccc4F)cc3)[nH]nc2n1. The number of alkyl halides is 3. The highest BCUT2D eigenvalue weighted by molar-refractivity contribution is 6.00. The maximum absolute atomic E-state index is 14.0. The van der Waals surface area contributed by atoms with E-state index in [0.717, 1.165) is 36.9 Å². The smallest absolute Gasteiger partial charge is 0.376 e. The van der Waals surface area contributed by atoms with Gasteiger partial charge in [-0.05, 0) is 43.2 Å². The summed E-state index contributed by atoms with van der Waals surface area (Å²) in [6.07, 6.45) is -1.02. The zero-order chi connectivity index (χ0) is 29.2. The third-order valence-electron chi connectivity index (χ3n) is 6.99. The highest BCUT2D eigenvalue weighted by Crippen LogP contribution is 2.33. The largest absolute Gasteiger partial charge is 0.416 e. The van der Waals surface area contributed by atoms with Crippen LogP contribution >= 0.6 is 0 Å². The molecule has 1 fully saturated rings. The van der Waals surface area contributed by atoms with E-state index in [1.54, 1.807) is 30.5 Å². The summed E-state index contributed by atoms with van der Waals surface area (Å²) in [4.78, 5) is 21.7. The Balaban J connectivity index is 1.25. The van der Waals surface area contributed by atoms with Gasteiger partial charge in [0.2, 0.25) is 0 Å². The molecule has 4 aromatic rings. The number of aromatic amines is 1. The zero-order valence-electron chi connectivity index (χ0n) is 22.4. The van der Waals surface area contributed by atoms with Crippen molar-refractivity contribution in [2.75, 3.05) is 30.3 Å². The predicted octanol–water partition coefficient (Wildman–Crippen LogP) is 5.87. The van der Waals surface area contributed by atoms with Crippen molar-refractivity contribution in [1.29, 1.82) is 0 Å². The van der Waals surface area contributed by atoms with E-state index < -0.39 is 29.3 Å². The third kappa shape index (κ3) is 6.63. The molecule has 2 aromatic carbocycles. The Hall–Kier alpha value is -4.10. The summed E-state index contributed by atoms with van der Waals surface area (Å²) in [5.74, 6) is -0.298. The van der Waals surface area contributed by atoms with E-state index in [4.69, 9.17) is 9.72 Å². The average molecular weight is 572 g/mol. The summed E-state index contributed by atoms with van der Waals surface area (Å²) >= 11 is 0. The topological polar surface area (TPSA) is 117 Å². The van der Waals surface area contributed by atoms with Crippen molar-refractivity contribution >= 4 is 28.4 Å². The standard InChI is InChI=1S/C28H29F4N7O2/c1-27(2,10-9-19-14-33-11-12-41-19)25-34-15-20-23(38-39-24(20)37-25)16-3-6-18(7-4-16)35-26(40)36-22-13-17(28(30,31)32)5-8-21(22)29/h3-8,13,15,19,33H,9-12,14H2,1-2H3,(H2,35,36,40)(H,34,37,38,39). The molecule has 1 aliphatic heterocycles. The second-order valence-corrected chi connectivity index (χ2v) is 10.5. The Morgan fingerprint density at radius 2 is 1.90 bits per heavy atom. The van der Waals surface area contributed by atoms with E-state index in [-0.39, 0.29) is 11.5 Å². The number of hydrogen-bond acceptors (Lipinski definition) is 6. The number of halogens is 4. The minimum Gasteiger partial charge on any atom is -0.376 e. The number of morpholine rings is 1. The number of nitrogens with zero attached hydrogens (tertiary/aromatic N) is 3. The first-order chi connectivity index (χ1) is 19.5. The maximum Gasteiger partial charge on any atom is 0.416 e. The number of nitrogens with one attached hydrogen (secondary N) is 4. The molecule has 13 heteroatoms. The number of carbonyl (C=O) groups is 1. The molecule has 0 saturated carbocycles. The van der Waals surface area contributed by atoms with Gasteiger partial charge in [-0.1, -0.05) is 26.0 Å². The molecule has 0 aliphatic carbocycles. The molecule has 9 nitrogen and oxygen atoms in total. The van der Waals surface area contributed by atoms with Crippen molar-refractivity contribution in [2.24, 2.45) is 0 Å². The summed E-state index contributed by atoms with van der Waals surface area (Å²) in [5, 5.41) is 16.0. The molecule has 5 rings (SSSR count). The van der Waals surface area contributed by atoms with E-state index >= 15 is 0 Å². The molecular weight excluding hydrogens is 542 g/mol. The number of carbonyl (C=O) groups excluding carboxylic acids is 1. The van der Waals surface area contributed by atoms with Crippen molar-refractivity contribution in [3.05, 3.63) is 65.9 Å².